The Balaban J connectivity index is 3.15. The van der Waals surface area contributed by atoms with Gasteiger partial charge in [0.15, 0.2) is 0 Å². The maximum absolute atomic E-state index is 8.32. The highest BCUT2D eigenvalue weighted by Crippen LogP contribution is 1.93. The molecule has 1 aromatic rings. The van der Waals surface area contributed by atoms with Gasteiger partial charge in [0, 0.05) is 7.05 Å². The van der Waals surface area contributed by atoms with Crippen LogP contribution in [0.4, 0.5) is 0 Å². The van der Waals surface area contributed by atoms with Gasteiger partial charge < -0.3 is 4.57 Å². The predicted molar refractivity (Wildman–Crippen MR) is 29.0 cm³/mol. The zero-order valence-corrected chi connectivity index (χ0v) is 4.55. The molecule has 0 aliphatic heterocycles. The molecule has 0 N–H and O–H groups in total. The zero-order chi connectivity index (χ0) is 5.98. The lowest BCUT2D eigenvalue weighted by Crippen LogP contribution is -1.87. The van der Waals surface area contributed by atoms with Crippen molar-refractivity contribution in [1.82, 2.24) is 4.57 Å². The van der Waals surface area contributed by atoms with Crippen molar-refractivity contribution in [2.24, 2.45) is 7.05 Å². The summed E-state index contributed by atoms with van der Waals surface area (Å²) in [6, 6.07) is 5.45. The molecule has 0 aliphatic rings. The molecule has 2 nitrogen and oxygen atoms in total. The van der Waals surface area contributed by atoms with E-state index in [0.717, 1.165) is 0 Å². The SMILES string of the molecule is Cn1[c]ccc1C#N. The Hall–Kier alpha value is -1.23. The lowest BCUT2D eigenvalue weighted by atomic mass is 10.5. The molecule has 0 saturated heterocycles. The van der Waals surface area contributed by atoms with E-state index in [0.29, 0.717) is 5.69 Å². The lowest BCUT2D eigenvalue weighted by Gasteiger charge is -1.86. The zero-order valence-electron chi connectivity index (χ0n) is 4.55. The van der Waals surface area contributed by atoms with E-state index in [9.17, 15) is 0 Å². The van der Waals surface area contributed by atoms with Crippen LogP contribution >= 0.6 is 0 Å². The molecule has 0 spiro atoms. The van der Waals surface area contributed by atoms with E-state index in [2.05, 4.69) is 6.20 Å². The minimum atomic E-state index is 0.644. The third-order valence-electron chi connectivity index (χ3n) is 0.985. The highest BCUT2D eigenvalue weighted by Gasteiger charge is 1.89. The van der Waals surface area contributed by atoms with Crippen LogP contribution in [0.5, 0.6) is 0 Å². The number of nitrogens with zero attached hydrogens (tertiary/aromatic N) is 2. The maximum atomic E-state index is 8.32. The minimum Gasteiger partial charge on any atom is -0.334 e. The summed E-state index contributed by atoms with van der Waals surface area (Å²) < 4.78 is 1.65. The van der Waals surface area contributed by atoms with Crippen LogP contribution in [0.1, 0.15) is 5.69 Å². The molecule has 0 atom stereocenters. The Morgan fingerprint density at radius 2 is 2.62 bits per heavy atom. The van der Waals surface area contributed by atoms with Crippen molar-refractivity contribution in [2.45, 2.75) is 0 Å². The number of aryl methyl sites for hydroxylation is 1. The number of rotatable bonds is 0. The molecule has 1 aromatic heterocycles. The van der Waals surface area contributed by atoms with Crippen LogP contribution in [0.3, 0.4) is 0 Å². The van der Waals surface area contributed by atoms with E-state index in [1.54, 1.807) is 23.7 Å². The van der Waals surface area contributed by atoms with Crippen molar-refractivity contribution in [2.75, 3.05) is 0 Å². The molecule has 8 heavy (non-hydrogen) atoms. The fraction of sp³-hybridized carbons (Fsp3) is 0.167. The highest BCUT2D eigenvalue weighted by atomic mass is 14.9. The molecule has 0 fully saturated rings. The molecule has 2 heteroatoms. The Kier molecular flexibility index (Phi) is 1.05. The van der Waals surface area contributed by atoms with E-state index in [4.69, 9.17) is 5.26 Å². The van der Waals surface area contributed by atoms with Gasteiger partial charge in [-0.05, 0) is 12.1 Å². The number of aromatic nitrogens is 1. The van der Waals surface area contributed by atoms with Gasteiger partial charge in [-0.2, -0.15) is 5.26 Å². The van der Waals surface area contributed by atoms with Crippen molar-refractivity contribution >= 4 is 0 Å². The first-order chi connectivity index (χ1) is 3.84. The summed E-state index contributed by atoms with van der Waals surface area (Å²) in [5, 5.41) is 8.32. The third-order valence-corrected chi connectivity index (χ3v) is 0.985. The number of hydrogen-bond acceptors (Lipinski definition) is 1. The van der Waals surface area contributed by atoms with E-state index >= 15 is 0 Å². The molecule has 1 radical (unpaired) electrons. The molecule has 0 saturated carbocycles. The van der Waals surface area contributed by atoms with Gasteiger partial charge in [0.05, 0.1) is 6.20 Å². The minimum absolute atomic E-state index is 0.644. The van der Waals surface area contributed by atoms with E-state index in [-0.39, 0.29) is 0 Å². The second kappa shape index (κ2) is 1.71. The smallest absolute Gasteiger partial charge is 0.120 e. The molecule has 0 aliphatic carbocycles. The molecule has 39 valence electrons. The van der Waals surface area contributed by atoms with Crippen LogP contribution in [0, 0.1) is 17.5 Å². The van der Waals surface area contributed by atoms with E-state index in [1.165, 1.54) is 0 Å². The van der Waals surface area contributed by atoms with E-state index < -0.39 is 0 Å². The van der Waals surface area contributed by atoms with Crippen molar-refractivity contribution in [1.29, 1.82) is 5.26 Å². The summed E-state index contributed by atoms with van der Waals surface area (Å²) in [7, 11) is 1.79. The van der Waals surface area contributed by atoms with Crippen LogP contribution in [-0.4, -0.2) is 4.57 Å². The van der Waals surface area contributed by atoms with Crippen molar-refractivity contribution < 1.29 is 0 Å². The summed E-state index contributed by atoms with van der Waals surface area (Å²) >= 11 is 0. The van der Waals surface area contributed by atoms with Gasteiger partial charge in [-0.1, -0.05) is 0 Å². The second-order valence-electron chi connectivity index (χ2n) is 1.52. The molecular formula is C6H5N2. The van der Waals surface area contributed by atoms with Crippen molar-refractivity contribution in [3.05, 3.63) is 24.0 Å². The summed E-state index contributed by atoms with van der Waals surface area (Å²) in [6.45, 7) is 0. The fourth-order valence-corrected chi connectivity index (χ4v) is 0.522. The first kappa shape index (κ1) is 4.92. The predicted octanol–water partition coefficient (Wildman–Crippen LogP) is 0.697. The van der Waals surface area contributed by atoms with Crippen LogP contribution in [0.2, 0.25) is 0 Å². The van der Waals surface area contributed by atoms with Crippen molar-refractivity contribution in [3.63, 3.8) is 0 Å². The van der Waals surface area contributed by atoms with Gasteiger partial charge in [0.1, 0.15) is 11.8 Å². The standard InChI is InChI=1S/C6H5N2/c1-8-4-2-3-6(8)5-7/h2-3H,1H3. The molecule has 1 heterocycles. The van der Waals surface area contributed by atoms with Crippen LogP contribution < -0.4 is 0 Å². The average molecular weight is 105 g/mol. The molecule has 0 aromatic carbocycles. The number of nitriles is 1. The Bertz CT molecular complexity index is 217. The van der Waals surface area contributed by atoms with Gasteiger partial charge in [-0.3, -0.25) is 0 Å². The van der Waals surface area contributed by atoms with Crippen LogP contribution in [0.15, 0.2) is 12.1 Å². The largest absolute Gasteiger partial charge is 0.334 e. The van der Waals surface area contributed by atoms with Crippen molar-refractivity contribution in [3.8, 4) is 6.07 Å². The highest BCUT2D eigenvalue weighted by molar-refractivity contribution is 5.20. The van der Waals surface area contributed by atoms with Gasteiger partial charge in [-0.15, -0.1) is 0 Å². The van der Waals surface area contributed by atoms with E-state index in [1.807, 2.05) is 6.07 Å². The molecule has 0 bridgehead atoms. The quantitative estimate of drug-likeness (QED) is 0.477. The fourth-order valence-electron chi connectivity index (χ4n) is 0.522. The molecule has 0 unspecified atom stereocenters. The second-order valence-corrected chi connectivity index (χ2v) is 1.52. The molecule has 1 rings (SSSR count). The molecule has 0 amide bonds. The van der Waals surface area contributed by atoms with Gasteiger partial charge in [-0.25, -0.2) is 0 Å². The third kappa shape index (κ3) is 0.584. The lowest BCUT2D eigenvalue weighted by molar-refractivity contribution is 0.900. The van der Waals surface area contributed by atoms with Gasteiger partial charge >= 0.3 is 0 Å². The maximum Gasteiger partial charge on any atom is 0.120 e. The summed E-state index contributed by atoms with van der Waals surface area (Å²) in [5.74, 6) is 0. The summed E-state index contributed by atoms with van der Waals surface area (Å²) in [4.78, 5) is 0. The Morgan fingerprint density at radius 1 is 1.88 bits per heavy atom. The first-order valence-corrected chi connectivity index (χ1v) is 2.28. The first-order valence-electron chi connectivity index (χ1n) is 2.28. The Labute approximate surface area is 48.0 Å². The van der Waals surface area contributed by atoms with Gasteiger partial charge in [0.2, 0.25) is 0 Å². The Morgan fingerprint density at radius 3 is 2.88 bits per heavy atom. The monoisotopic (exact) mass is 105 g/mol. The normalized spacial score (nSPS) is 8.50. The van der Waals surface area contributed by atoms with Crippen LogP contribution in [-0.2, 0) is 7.05 Å². The summed E-state index contributed by atoms with van der Waals surface area (Å²) in [5.41, 5.74) is 0.644. The topological polar surface area (TPSA) is 28.7 Å². The van der Waals surface area contributed by atoms with Gasteiger partial charge in [0.25, 0.3) is 0 Å². The molecular weight excluding hydrogens is 100 g/mol. The average Bonchev–Trinajstić information content (AvgIpc) is 2.14. The van der Waals surface area contributed by atoms with Crippen LogP contribution in [0.25, 0.3) is 0 Å². The summed E-state index contributed by atoms with van der Waals surface area (Å²) in [6.07, 6.45) is 2.81. The number of hydrogen-bond donors (Lipinski definition) is 0.